The molecule has 1 saturated heterocycles. The first kappa shape index (κ1) is 13.9. The highest BCUT2D eigenvalue weighted by Crippen LogP contribution is 2.27. The third-order valence-corrected chi connectivity index (χ3v) is 4.89. The number of amides is 1. The molecule has 0 unspecified atom stereocenters. The van der Waals surface area contributed by atoms with E-state index in [4.69, 9.17) is 0 Å². The Morgan fingerprint density at radius 2 is 2.17 bits per heavy atom. The summed E-state index contributed by atoms with van der Waals surface area (Å²) in [5.41, 5.74) is 0. The van der Waals surface area contributed by atoms with Crippen LogP contribution in [0, 0.1) is 0 Å². The third-order valence-electron chi connectivity index (χ3n) is 2.88. The van der Waals surface area contributed by atoms with Crippen molar-refractivity contribution in [2.24, 2.45) is 0 Å². The SMILES string of the molecule is O=C(CSc1ccccc1Br)N1CCCNCC1. The van der Waals surface area contributed by atoms with E-state index in [9.17, 15) is 4.79 Å². The number of nitrogens with one attached hydrogen (secondary N) is 1. The van der Waals surface area contributed by atoms with Gasteiger partial charge in [-0.3, -0.25) is 4.79 Å². The molecule has 0 aromatic heterocycles. The Morgan fingerprint density at radius 3 is 3.00 bits per heavy atom. The van der Waals surface area contributed by atoms with Gasteiger partial charge >= 0.3 is 0 Å². The van der Waals surface area contributed by atoms with Gasteiger partial charge in [-0.1, -0.05) is 12.1 Å². The van der Waals surface area contributed by atoms with Crippen LogP contribution in [0.2, 0.25) is 0 Å². The van der Waals surface area contributed by atoms with Gasteiger partial charge in [-0.2, -0.15) is 0 Å². The lowest BCUT2D eigenvalue weighted by atomic mass is 10.4. The first-order valence-electron chi connectivity index (χ1n) is 6.13. The van der Waals surface area contributed by atoms with E-state index in [-0.39, 0.29) is 5.91 Å². The fourth-order valence-electron chi connectivity index (χ4n) is 1.89. The third kappa shape index (κ3) is 4.00. The Hall–Kier alpha value is -0.520. The minimum atomic E-state index is 0.236. The van der Waals surface area contributed by atoms with E-state index in [0.717, 1.165) is 42.0 Å². The van der Waals surface area contributed by atoms with E-state index in [2.05, 4.69) is 21.2 Å². The zero-order valence-electron chi connectivity index (χ0n) is 10.2. The molecule has 18 heavy (non-hydrogen) atoms. The van der Waals surface area contributed by atoms with Crippen LogP contribution in [0.1, 0.15) is 6.42 Å². The van der Waals surface area contributed by atoms with Crippen LogP contribution in [0.15, 0.2) is 33.6 Å². The Morgan fingerprint density at radius 1 is 1.33 bits per heavy atom. The Bertz CT molecular complexity index is 406. The normalized spacial score (nSPS) is 16.4. The standard InChI is InChI=1S/C13H17BrN2OS/c14-11-4-1-2-5-12(11)18-10-13(17)16-8-3-6-15-7-9-16/h1-2,4-5,15H,3,6-10H2. The lowest BCUT2D eigenvalue weighted by Crippen LogP contribution is -2.35. The summed E-state index contributed by atoms with van der Waals surface area (Å²) >= 11 is 5.10. The largest absolute Gasteiger partial charge is 0.341 e. The van der Waals surface area contributed by atoms with Crippen molar-refractivity contribution >= 4 is 33.6 Å². The van der Waals surface area contributed by atoms with Crippen LogP contribution in [0.3, 0.4) is 0 Å². The topological polar surface area (TPSA) is 32.3 Å². The molecule has 1 aliphatic heterocycles. The van der Waals surface area contributed by atoms with Gasteiger partial charge in [0.25, 0.3) is 0 Å². The van der Waals surface area contributed by atoms with Crippen molar-refractivity contribution in [3.63, 3.8) is 0 Å². The minimum absolute atomic E-state index is 0.236. The van der Waals surface area contributed by atoms with Gasteiger partial charge in [0.15, 0.2) is 0 Å². The number of nitrogens with zero attached hydrogens (tertiary/aromatic N) is 1. The summed E-state index contributed by atoms with van der Waals surface area (Å²) < 4.78 is 1.06. The summed E-state index contributed by atoms with van der Waals surface area (Å²) in [5.74, 6) is 0.752. The molecule has 1 fully saturated rings. The van der Waals surface area contributed by atoms with Gasteiger partial charge in [0.2, 0.25) is 5.91 Å². The Balaban J connectivity index is 1.86. The molecule has 98 valence electrons. The van der Waals surface area contributed by atoms with Gasteiger partial charge in [-0.15, -0.1) is 11.8 Å². The lowest BCUT2D eigenvalue weighted by molar-refractivity contribution is -0.128. The number of hydrogen-bond acceptors (Lipinski definition) is 3. The highest BCUT2D eigenvalue weighted by atomic mass is 79.9. The molecule has 0 radical (unpaired) electrons. The number of halogens is 1. The second-order valence-electron chi connectivity index (χ2n) is 4.20. The molecule has 5 heteroatoms. The van der Waals surface area contributed by atoms with Gasteiger partial charge in [-0.25, -0.2) is 0 Å². The van der Waals surface area contributed by atoms with Crippen LogP contribution < -0.4 is 5.32 Å². The summed E-state index contributed by atoms with van der Waals surface area (Å²) in [6, 6.07) is 8.01. The van der Waals surface area contributed by atoms with Gasteiger partial charge in [-0.05, 0) is 41.0 Å². The first-order chi connectivity index (χ1) is 8.77. The molecule has 2 rings (SSSR count). The molecule has 1 aromatic rings. The predicted octanol–water partition coefficient (Wildman–Crippen LogP) is 2.36. The number of carbonyl (C=O) groups is 1. The fraction of sp³-hybridized carbons (Fsp3) is 0.462. The van der Waals surface area contributed by atoms with E-state index >= 15 is 0 Å². The number of rotatable bonds is 3. The van der Waals surface area contributed by atoms with Crippen molar-refractivity contribution in [3.05, 3.63) is 28.7 Å². The van der Waals surface area contributed by atoms with Crippen molar-refractivity contribution in [2.75, 3.05) is 31.9 Å². The monoisotopic (exact) mass is 328 g/mol. The molecule has 1 N–H and O–H groups in total. The molecular formula is C13H17BrN2OS. The molecule has 1 aliphatic rings. The van der Waals surface area contributed by atoms with Crippen LogP contribution in [-0.4, -0.2) is 42.7 Å². The second kappa shape index (κ2) is 7.16. The fourth-order valence-corrected chi connectivity index (χ4v) is 3.36. The molecule has 1 aromatic carbocycles. The van der Waals surface area contributed by atoms with E-state index in [1.165, 1.54) is 0 Å². The maximum Gasteiger partial charge on any atom is 0.232 e. The smallest absolute Gasteiger partial charge is 0.232 e. The number of thioether (sulfide) groups is 1. The van der Waals surface area contributed by atoms with Crippen molar-refractivity contribution in [1.29, 1.82) is 0 Å². The first-order valence-corrected chi connectivity index (χ1v) is 7.91. The number of hydrogen-bond donors (Lipinski definition) is 1. The van der Waals surface area contributed by atoms with Gasteiger partial charge in [0.05, 0.1) is 5.75 Å². The molecule has 3 nitrogen and oxygen atoms in total. The molecule has 0 spiro atoms. The van der Waals surface area contributed by atoms with E-state index in [0.29, 0.717) is 5.75 Å². The van der Waals surface area contributed by atoms with E-state index < -0.39 is 0 Å². The van der Waals surface area contributed by atoms with Crippen molar-refractivity contribution < 1.29 is 4.79 Å². The van der Waals surface area contributed by atoms with Gasteiger partial charge in [0.1, 0.15) is 0 Å². The predicted molar refractivity (Wildman–Crippen MR) is 78.9 cm³/mol. The molecule has 0 atom stereocenters. The molecule has 1 heterocycles. The zero-order valence-corrected chi connectivity index (χ0v) is 12.6. The van der Waals surface area contributed by atoms with Crippen LogP contribution in [0.25, 0.3) is 0 Å². The molecule has 1 amide bonds. The van der Waals surface area contributed by atoms with Crippen LogP contribution in [0.4, 0.5) is 0 Å². The van der Waals surface area contributed by atoms with Crippen molar-refractivity contribution in [2.45, 2.75) is 11.3 Å². The van der Waals surface area contributed by atoms with E-state index in [1.54, 1.807) is 11.8 Å². The summed E-state index contributed by atoms with van der Waals surface area (Å²) in [6.07, 6.45) is 1.05. The highest BCUT2D eigenvalue weighted by molar-refractivity contribution is 9.10. The van der Waals surface area contributed by atoms with E-state index in [1.807, 2.05) is 29.2 Å². The van der Waals surface area contributed by atoms with Gasteiger partial charge in [0, 0.05) is 29.0 Å². The maximum atomic E-state index is 12.1. The summed E-state index contributed by atoms with van der Waals surface area (Å²) in [5, 5.41) is 3.31. The van der Waals surface area contributed by atoms with Crippen LogP contribution >= 0.6 is 27.7 Å². The van der Waals surface area contributed by atoms with Crippen molar-refractivity contribution in [3.8, 4) is 0 Å². The molecule has 0 bridgehead atoms. The van der Waals surface area contributed by atoms with Gasteiger partial charge < -0.3 is 10.2 Å². The molecule has 0 saturated carbocycles. The number of carbonyl (C=O) groups excluding carboxylic acids is 1. The average Bonchev–Trinajstić information content (AvgIpc) is 2.66. The van der Waals surface area contributed by atoms with Crippen LogP contribution in [0.5, 0.6) is 0 Å². The zero-order chi connectivity index (χ0) is 12.8. The van der Waals surface area contributed by atoms with Crippen molar-refractivity contribution in [1.82, 2.24) is 10.2 Å². The second-order valence-corrected chi connectivity index (χ2v) is 6.07. The lowest BCUT2D eigenvalue weighted by Gasteiger charge is -2.19. The quantitative estimate of drug-likeness (QED) is 0.864. The summed E-state index contributed by atoms with van der Waals surface area (Å²) in [7, 11) is 0. The van der Waals surface area contributed by atoms with Crippen LogP contribution in [-0.2, 0) is 4.79 Å². The Labute approximate surface area is 120 Å². The summed E-state index contributed by atoms with van der Waals surface area (Å²) in [6.45, 7) is 3.63. The maximum absolute atomic E-state index is 12.1. The number of benzene rings is 1. The average molecular weight is 329 g/mol. The molecule has 0 aliphatic carbocycles. The Kier molecular flexibility index (Phi) is 5.53. The molecular weight excluding hydrogens is 312 g/mol. The highest BCUT2D eigenvalue weighted by Gasteiger charge is 2.15. The minimum Gasteiger partial charge on any atom is -0.341 e. The summed E-state index contributed by atoms with van der Waals surface area (Å²) in [4.78, 5) is 15.2.